The molecule has 1 aromatic heterocycles. The molecule has 6 aromatic rings. The molecule has 0 bridgehead atoms. The number of halogens is 1. The molecule has 0 amide bonds. The molecule has 0 aliphatic heterocycles. The van der Waals surface area contributed by atoms with Crippen LogP contribution in [0.4, 0.5) is 0 Å². The average molecular weight is 549 g/mol. The highest BCUT2D eigenvalue weighted by atomic mass is 79.9. The van der Waals surface area contributed by atoms with Crippen LogP contribution in [-0.4, -0.2) is 9.97 Å². The Morgan fingerprint density at radius 2 is 0.947 bits per heavy atom. The molecule has 5 aromatic carbocycles. The third-order valence-electron chi connectivity index (χ3n) is 7.97. The summed E-state index contributed by atoms with van der Waals surface area (Å²) in [5.74, 6) is 0.738. The highest BCUT2D eigenvalue weighted by molar-refractivity contribution is 9.10. The standard InChI is InChI=1S/C35H21BrN2/c36-24-20-18-23(19-21-24)34-37-32(22-10-2-1-3-11-22)31-33(38-34)27-14-6-9-17-30(27)35(31)28-15-7-4-12-25(28)26-13-5-8-16-29(26)35/h1-21H. The van der Waals surface area contributed by atoms with Crippen LogP contribution in [0.5, 0.6) is 0 Å². The van der Waals surface area contributed by atoms with E-state index in [-0.39, 0.29) is 0 Å². The van der Waals surface area contributed by atoms with E-state index < -0.39 is 5.41 Å². The molecule has 8 rings (SSSR count). The molecule has 0 radical (unpaired) electrons. The SMILES string of the molecule is Brc1ccc(-c2nc(-c3ccccc3)c3c(n2)-c2ccccc2C32c3ccccc3-c3ccccc32)cc1. The van der Waals surface area contributed by atoms with Crippen LogP contribution in [-0.2, 0) is 5.41 Å². The summed E-state index contributed by atoms with van der Waals surface area (Å²) >= 11 is 3.57. The van der Waals surface area contributed by atoms with Crippen LogP contribution in [0, 0.1) is 0 Å². The molecule has 1 heterocycles. The topological polar surface area (TPSA) is 25.8 Å². The second-order valence-electron chi connectivity index (χ2n) is 9.88. The van der Waals surface area contributed by atoms with E-state index in [9.17, 15) is 0 Å². The first-order valence-corrected chi connectivity index (χ1v) is 13.6. The Kier molecular flexibility index (Phi) is 4.62. The minimum Gasteiger partial charge on any atom is -0.228 e. The fourth-order valence-corrected chi connectivity index (χ4v) is 6.75. The lowest BCUT2D eigenvalue weighted by Gasteiger charge is -2.31. The molecule has 0 unspecified atom stereocenters. The van der Waals surface area contributed by atoms with E-state index in [0.29, 0.717) is 0 Å². The minimum atomic E-state index is -0.484. The first-order chi connectivity index (χ1) is 18.8. The lowest BCUT2D eigenvalue weighted by atomic mass is 9.69. The van der Waals surface area contributed by atoms with Gasteiger partial charge in [0.1, 0.15) is 0 Å². The Hall–Kier alpha value is -4.34. The second-order valence-corrected chi connectivity index (χ2v) is 10.8. The van der Waals surface area contributed by atoms with E-state index in [2.05, 4.69) is 131 Å². The van der Waals surface area contributed by atoms with Gasteiger partial charge in [-0.3, -0.25) is 0 Å². The third kappa shape index (κ3) is 2.82. The number of benzene rings is 5. The van der Waals surface area contributed by atoms with E-state index in [1.165, 1.54) is 38.9 Å². The molecule has 0 atom stereocenters. The van der Waals surface area contributed by atoms with E-state index in [1.54, 1.807) is 0 Å². The van der Waals surface area contributed by atoms with E-state index in [1.807, 2.05) is 12.1 Å². The average Bonchev–Trinajstić information content (AvgIpc) is 3.45. The maximum absolute atomic E-state index is 5.34. The molecular weight excluding hydrogens is 528 g/mol. The quantitative estimate of drug-likeness (QED) is 0.215. The summed E-state index contributed by atoms with van der Waals surface area (Å²) in [6.07, 6.45) is 0. The molecule has 178 valence electrons. The number of rotatable bonds is 2. The predicted molar refractivity (Wildman–Crippen MR) is 157 cm³/mol. The molecule has 0 N–H and O–H groups in total. The number of fused-ring (bicyclic) bond motifs is 10. The molecule has 1 spiro atoms. The lowest BCUT2D eigenvalue weighted by Crippen LogP contribution is -2.27. The van der Waals surface area contributed by atoms with E-state index in [0.717, 1.165) is 32.8 Å². The summed E-state index contributed by atoms with van der Waals surface area (Å²) in [6, 6.07) is 45.3. The second kappa shape index (κ2) is 8.08. The van der Waals surface area contributed by atoms with Crippen LogP contribution in [0.25, 0.3) is 45.0 Å². The molecule has 0 saturated carbocycles. The molecule has 2 nitrogen and oxygen atoms in total. The van der Waals surface area contributed by atoms with Crippen molar-refractivity contribution in [2.24, 2.45) is 0 Å². The summed E-state index contributed by atoms with van der Waals surface area (Å²) in [6.45, 7) is 0. The summed E-state index contributed by atoms with van der Waals surface area (Å²) in [4.78, 5) is 10.7. The Morgan fingerprint density at radius 3 is 1.58 bits per heavy atom. The Balaban J connectivity index is 1.56. The maximum Gasteiger partial charge on any atom is 0.160 e. The molecule has 3 heteroatoms. The first-order valence-electron chi connectivity index (χ1n) is 12.8. The van der Waals surface area contributed by atoms with Gasteiger partial charge in [-0.05, 0) is 39.9 Å². The molecule has 38 heavy (non-hydrogen) atoms. The minimum absolute atomic E-state index is 0.484. The molecule has 0 saturated heterocycles. The van der Waals surface area contributed by atoms with Gasteiger partial charge in [-0.15, -0.1) is 0 Å². The Labute approximate surface area is 229 Å². The predicted octanol–water partition coefficient (Wildman–Crippen LogP) is 8.92. The zero-order valence-electron chi connectivity index (χ0n) is 20.4. The van der Waals surface area contributed by atoms with Crippen molar-refractivity contribution in [3.05, 3.63) is 154 Å². The molecule has 2 aliphatic rings. The van der Waals surface area contributed by atoms with Crippen molar-refractivity contribution in [2.75, 3.05) is 0 Å². The normalized spacial score (nSPS) is 13.6. The van der Waals surface area contributed by atoms with Gasteiger partial charge in [0, 0.05) is 26.7 Å². The highest BCUT2D eigenvalue weighted by Gasteiger charge is 2.54. The van der Waals surface area contributed by atoms with Gasteiger partial charge in [0.15, 0.2) is 5.82 Å². The van der Waals surface area contributed by atoms with Crippen LogP contribution in [0.3, 0.4) is 0 Å². The third-order valence-corrected chi connectivity index (χ3v) is 8.50. The highest BCUT2D eigenvalue weighted by Crippen LogP contribution is 2.63. The molecule has 2 aliphatic carbocycles. The Morgan fingerprint density at radius 1 is 0.447 bits per heavy atom. The van der Waals surface area contributed by atoms with Gasteiger partial charge >= 0.3 is 0 Å². The first kappa shape index (κ1) is 21.7. The van der Waals surface area contributed by atoms with Gasteiger partial charge in [0.2, 0.25) is 0 Å². The van der Waals surface area contributed by atoms with Crippen molar-refractivity contribution in [3.8, 4) is 45.0 Å². The number of aromatic nitrogens is 2. The van der Waals surface area contributed by atoms with Gasteiger partial charge in [-0.25, -0.2) is 9.97 Å². The van der Waals surface area contributed by atoms with Crippen molar-refractivity contribution in [3.63, 3.8) is 0 Å². The van der Waals surface area contributed by atoms with Crippen molar-refractivity contribution in [1.82, 2.24) is 9.97 Å². The van der Waals surface area contributed by atoms with Crippen LogP contribution in [0.2, 0.25) is 0 Å². The van der Waals surface area contributed by atoms with Crippen LogP contribution in [0.1, 0.15) is 22.3 Å². The van der Waals surface area contributed by atoms with Crippen LogP contribution < -0.4 is 0 Å². The molecule has 0 fully saturated rings. The fraction of sp³-hybridized carbons (Fsp3) is 0.0286. The largest absolute Gasteiger partial charge is 0.228 e. The number of hydrogen-bond acceptors (Lipinski definition) is 2. The molecular formula is C35H21BrN2. The van der Waals surface area contributed by atoms with Crippen molar-refractivity contribution in [1.29, 1.82) is 0 Å². The maximum atomic E-state index is 5.34. The van der Waals surface area contributed by atoms with Gasteiger partial charge in [-0.1, -0.05) is 131 Å². The smallest absolute Gasteiger partial charge is 0.160 e. The van der Waals surface area contributed by atoms with Gasteiger partial charge in [0.05, 0.1) is 16.8 Å². The van der Waals surface area contributed by atoms with Gasteiger partial charge < -0.3 is 0 Å². The summed E-state index contributed by atoms with van der Waals surface area (Å²) in [7, 11) is 0. The summed E-state index contributed by atoms with van der Waals surface area (Å²) in [5.41, 5.74) is 12.4. The number of hydrogen-bond donors (Lipinski definition) is 0. The van der Waals surface area contributed by atoms with Gasteiger partial charge in [-0.2, -0.15) is 0 Å². The lowest BCUT2D eigenvalue weighted by molar-refractivity contribution is 0.788. The van der Waals surface area contributed by atoms with E-state index in [4.69, 9.17) is 9.97 Å². The van der Waals surface area contributed by atoms with Crippen LogP contribution in [0.15, 0.2) is 132 Å². The summed E-state index contributed by atoms with van der Waals surface area (Å²) < 4.78 is 1.04. The van der Waals surface area contributed by atoms with Crippen molar-refractivity contribution >= 4 is 15.9 Å². The zero-order valence-corrected chi connectivity index (χ0v) is 22.0. The Bertz CT molecular complexity index is 1830. The number of nitrogens with zero attached hydrogens (tertiary/aromatic N) is 2. The van der Waals surface area contributed by atoms with Gasteiger partial charge in [0.25, 0.3) is 0 Å². The van der Waals surface area contributed by atoms with Crippen molar-refractivity contribution in [2.45, 2.75) is 5.41 Å². The monoisotopic (exact) mass is 548 g/mol. The van der Waals surface area contributed by atoms with Crippen LogP contribution >= 0.6 is 15.9 Å². The van der Waals surface area contributed by atoms with Crippen molar-refractivity contribution < 1.29 is 0 Å². The fourth-order valence-electron chi connectivity index (χ4n) is 6.49. The summed E-state index contributed by atoms with van der Waals surface area (Å²) in [5, 5.41) is 0. The zero-order chi connectivity index (χ0) is 25.3. The van der Waals surface area contributed by atoms with E-state index >= 15 is 0 Å².